The van der Waals surface area contributed by atoms with Crippen molar-refractivity contribution in [2.24, 2.45) is 0 Å². The number of thiazole rings is 1. The zero-order valence-electron chi connectivity index (χ0n) is 10.7. The molecule has 0 atom stereocenters. The number of anilines is 1. The Bertz CT molecular complexity index is 579. The minimum absolute atomic E-state index is 0.0572. The summed E-state index contributed by atoms with van der Waals surface area (Å²) in [5, 5.41) is 7.65. The van der Waals surface area contributed by atoms with E-state index < -0.39 is 17.5 Å². The van der Waals surface area contributed by atoms with Gasteiger partial charge in [0.05, 0.1) is 6.54 Å². The number of nitrogens with zero attached hydrogens (tertiary/aromatic N) is 1. The molecule has 4 nitrogen and oxygen atoms in total. The minimum atomic E-state index is -0.786. The molecule has 1 amide bonds. The van der Waals surface area contributed by atoms with Gasteiger partial charge in [0.15, 0.2) is 0 Å². The molecule has 0 unspecified atom stereocenters. The maximum Gasteiger partial charge on any atom is 0.251 e. The zero-order chi connectivity index (χ0) is 14.5. The van der Waals surface area contributed by atoms with Crippen molar-refractivity contribution in [3.63, 3.8) is 0 Å². The predicted octanol–water partition coefficient (Wildman–Crippen LogP) is 2.78. The van der Waals surface area contributed by atoms with Crippen molar-refractivity contribution in [3.8, 4) is 0 Å². The van der Waals surface area contributed by atoms with Gasteiger partial charge in [0.25, 0.3) is 5.91 Å². The fourth-order valence-corrected chi connectivity index (χ4v) is 2.20. The van der Waals surface area contributed by atoms with Gasteiger partial charge in [-0.2, -0.15) is 0 Å². The molecule has 1 aromatic carbocycles. The van der Waals surface area contributed by atoms with Crippen LogP contribution in [0.15, 0.2) is 23.7 Å². The van der Waals surface area contributed by atoms with Gasteiger partial charge in [-0.15, -0.1) is 11.3 Å². The Hall–Kier alpha value is -2.02. The van der Waals surface area contributed by atoms with Crippen molar-refractivity contribution in [3.05, 3.63) is 45.9 Å². The lowest BCUT2D eigenvalue weighted by atomic mass is 10.1. The van der Waals surface area contributed by atoms with Crippen molar-refractivity contribution in [1.29, 1.82) is 0 Å². The fraction of sp³-hybridized carbons (Fsp3) is 0.231. The van der Waals surface area contributed by atoms with Crippen LogP contribution in [0.3, 0.4) is 0 Å². The molecule has 0 saturated carbocycles. The predicted molar refractivity (Wildman–Crippen MR) is 73.8 cm³/mol. The lowest BCUT2D eigenvalue weighted by Gasteiger charge is -2.09. The van der Waals surface area contributed by atoms with E-state index in [0.29, 0.717) is 6.54 Å². The second-order valence-corrected chi connectivity index (χ2v) is 4.93. The maximum absolute atomic E-state index is 13.7. The fourth-order valence-electron chi connectivity index (χ4n) is 1.65. The molecule has 0 saturated heterocycles. The van der Waals surface area contributed by atoms with Gasteiger partial charge >= 0.3 is 0 Å². The number of carbonyl (C=O) groups excluding carboxylic acids is 1. The number of nitrogens with one attached hydrogen (secondary N) is 2. The third kappa shape index (κ3) is 3.30. The largest absolute Gasteiger partial charge is 0.381 e. The van der Waals surface area contributed by atoms with Gasteiger partial charge < -0.3 is 10.6 Å². The van der Waals surface area contributed by atoms with Crippen LogP contribution in [0.25, 0.3) is 0 Å². The van der Waals surface area contributed by atoms with Crippen molar-refractivity contribution in [2.75, 3.05) is 11.9 Å². The van der Waals surface area contributed by atoms with Crippen molar-refractivity contribution >= 4 is 22.9 Å². The number of hydrogen-bond donors (Lipinski definition) is 2. The Labute approximate surface area is 118 Å². The first-order valence-corrected chi connectivity index (χ1v) is 6.89. The first-order valence-electron chi connectivity index (χ1n) is 6.01. The van der Waals surface area contributed by atoms with Crippen LogP contribution in [0.5, 0.6) is 0 Å². The Balaban J connectivity index is 2.10. The summed E-state index contributed by atoms with van der Waals surface area (Å²) in [7, 11) is 0. The maximum atomic E-state index is 13.7. The first-order chi connectivity index (χ1) is 9.61. The van der Waals surface area contributed by atoms with Crippen LogP contribution in [0.2, 0.25) is 0 Å². The van der Waals surface area contributed by atoms with E-state index in [1.165, 1.54) is 11.3 Å². The molecular formula is C13H13F2N3OS. The smallest absolute Gasteiger partial charge is 0.251 e. The van der Waals surface area contributed by atoms with E-state index in [2.05, 4.69) is 15.6 Å². The highest BCUT2D eigenvalue weighted by Crippen LogP contribution is 2.20. The van der Waals surface area contributed by atoms with Gasteiger partial charge in [-0.1, -0.05) is 0 Å². The molecule has 7 heteroatoms. The normalized spacial score (nSPS) is 10.3. The molecule has 2 rings (SSSR count). The number of halogens is 2. The summed E-state index contributed by atoms with van der Waals surface area (Å²) in [5.74, 6) is -2.11. The van der Waals surface area contributed by atoms with E-state index in [1.54, 1.807) is 18.5 Å². The molecule has 0 spiro atoms. The van der Waals surface area contributed by atoms with E-state index in [-0.39, 0.29) is 17.8 Å². The number of amides is 1. The van der Waals surface area contributed by atoms with Gasteiger partial charge in [0.1, 0.15) is 22.3 Å². The van der Waals surface area contributed by atoms with Gasteiger partial charge in [-0.05, 0) is 19.1 Å². The summed E-state index contributed by atoms with van der Waals surface area (Å²) in [6.07, 6.45) is 1.62. The summed E-state index contributed by atoms with van der Waals surface area (Å²) in [6.45, 7) is 2.35. The second kappa shape index (κ2) is 6.42. The van der Waals surface area contributed by atoms with E-state index >= 15 is 0 Å². The molecule has 0 aliphatic carbocycles. The first kappa shape index (κ1) is 14.4. The summed E-state index contributed by atoms with van der Waals surface area (Å²) < 4.78 is 27.4. The molecule has 2 aromatic rings. The van der Waals surface area contributed by atoms with Crippen LogP contribution in [-0.4, -0.2) is 17.4 Å². The Morgan fingerprint density at radius 3 is 2.60 bits per heavy atom. The average molecular weight is 297 g/mol. The molecule has 0 bridgehead atoms. The minimum Gasteiger partial charge on any atom is -0.381 e. The van der Waals surface area contributed by atoms with E-state index in [4.69, 9.17) is 0 Å². The summed E-state index contributed by atoms with van der Waals surface area (Å²) in [6, 6.07) is 2.02. The van der Waals surface area contributed by atoms with Crippen LogP contribution in [0, 0.1) is 11.6 Å². The van der Waals surface area contributed by atoms with E-state index in [9.17, 15) is 13.6 Å². The SMILES string of the molecule is CCNc1c(F)cc(C(=O)NCc2nccs2)cc1F. The Morgan fingerprint density at radius 1 is 1.35 bits per heavy atom. The number of hydrogen-bond acceptors (Lipinski definition) is 4. The molecule has 20 heavy (non-hydrogen) atoms. The van der Waals surface area contributed by atoms with E-state index in [0.717, 1.165) is 17.1 Å². The van der Waals surface area contributed by atoms with E-state index in [1.807, 2.05) is 0 Å². The van der Waals surface area contributed by atoms with Crippen LogP contribution in [-0.2, 0) is 6.54 Å². The van der Waals surface area contributed by atoms with Crippen LogP contribution < -0.4 is 10.6 Å². The van der Waals surface area contributed by atoms with Crippen molar-refractivity contribution < 1.29 is 13.6 Å². The molecule has 1 aromatic heterocycles. The standard InChI is InChI=1S/C13H13F2N3OS/c1-2-16-12-9(14)5-8(6-10(12)15)13(19)18-7-11-17-3-4-20-11/h3-6,16H,2,7H2,1H3,(H,18,19). The highest BCUT2D eigenvalue weighted by atomic mass is 32.1. The Morgan fingerprint density at radius 2 is 2.05 bits per heavy atom. The lowest BCUT2D eigenvalue weighted by molar-refractivity contribution is 0.0950. The van der Waals surface area contributed by atoms with Gasteiger partial charge in [0, 0.05) is 23.7 Å². The number of aromatic nitrogens is 1. The van der Waals surface area contributed by atoms with Gasteiger partial charge in [0.2, 0.25) is 0 Å². The highest BCUT2D eigenvalue weighted by molar-refractivity contribution is 7.09. The molecule has 0 radical (unpaired) electrons. The van der Waals surface area contributed by atoms with Crippen LogP contribution in [0.1, 0.15) is 22.3 Å². The number of rotatable bonds is 5. The van der Waals surface area contributed by atoms with Gasteiger partial charge in [-0.3, -0.25) is 4.79 Å². The molecule has 0 aliphatic rings. The second-order valence-electron chi connectivity index (χ2n) is 3.95. The number of carbonyl (C=O) groups is 1. The van der Waals surface area contributed by atoms with Gasteiger partial charge in [-0.25, -0.2) is 13.8 Å². The topological polar surface area (TPSA) is 54.0 Å². The molecule has 0 aliphatic heterocycles. The molecule has 2 N–H and O–H groups in total. The third-order valence-electron chi connectivity index (χ3n) is 2.54. The molecule has 0 fully saturated rings. The van der Waals surface area contributed by atoms with Crippen LogP contribution in [0.4, 0.5) is 14.5 Å². The van der Waals surface area contributed by atoms with Crippen molar-refractivity contribution in [1.82, 2.24) is 10.3 Å². The molecule has 106 valence electrons. The zero-order valence-corrected chi connectivity index (χ0v) is 11.6. The number of benzene rings is 1. The summed E-state index contributed by atoms with van der Waals surface area (Å²) in [4.78, 5) is 15.8. The average Bonchev–Trinajstić information content (AvgIpc) is 2.93. The Kier molecular flexibility index (Phi) is 4.62. The molecular weight excluding hydrogens is 284 g/mol. The molecule has 1 heterocycles. The summed E-state index contributed by atoms with van der Waals surface area (Å²) in [5.41, 5.74) is -0.276. The van der Waals surface area contributed by atoms with Crippen LogP contribution >= 0.6 is 11.3 Å². The third-order valence-corrected chi connectivity index (χ3v) is 3.32. The monoisotopic (exact) mass is 297 g/mol. The highest BCUT2D eigenvalue weighted by Gasteiger charge is 2.14. The summed E-state index contributed by atoms with van der Waals surface area (Å²) >= 11 is 1.39. The van der Waals surface area contributed by atoms with Crippen molar-refractivity contribution in [2.45, 2.75) is 13.5 Å². The lowest BCUT2D eigenvalue weighted by Crippen LogP contribution is -2.23. The quantitative estimate of drug-likeness (QED) is 0.892.